The Morgan fingerprint density at radius 3 is 2.67 bits per heavy atom. The van der Waals surface area contributed by atoms with E-state index < -0.39 is 0 Å². The highest BCUT2D eigenvalue weighted by Crippen LogP contribution is 2.38. The van der Waals surface area contributed by atoms with Crippen LogP contribution in [0.2, 0.25) is 0 Å². The van der Waals surface area contributed by atoms with Gasteiger partial charge in [-0.05, 0) is 25.7 Å². The van der Waals surface area contributed by atoms with E-state index in [1.807, 2.05) is 6.92 Å². The molecule has 1 aromatic rings. The van der Waals surface area contributed by atoms with E-state index in [1.54, 1.807) is 12.4 Å². The summed E-state index contributed by atoms with van der Waals surface area (Å²) in [5, 5.41) is 0. The molecule has 3 heteroatoms. The monoisotopic (exact) mass is 163 g/mol. The molecule has 1 atom stereocenters. The molecule has 1 unspecified atom stereocenters. The zero-order valence-electron chi connectivity index (χ0n) is 7.20. The lowest BCUT2D eigenvalue weighted by molar-refractivity contribution is 0.610. The Hall–Kier alpha value is -0.960. The molecule has 1 aromatic heterocycles. The van der Waals surface area contributed by atoms with Gasteiger partial charge in [0.2, 0.25) is 0 Å². The predicted molar refractivity (Wildman–Crippen MR) is 46.4 cm³/mol. The lowest BCUT2D eigenvalue weighted by atomic mass is 10.1. The molecular formula is C9H13N3. The van der Waals surface area contributed by atoms with E-state index in [0.717, 1.165) is 11.4 Å². The topological polar surface area (TPSA) is 51.8 Å². The molecule has 12 heavy (non-hydrogen) atoms. The van der Waals surface area contributed by atoms with Gasteiger partial charge in [-0.3, -0.25) is 9.97 Å². The summed E-state index contributed by atoms with van der Waals surface area (Å²) in [4.78, 5) is 8.42. The molecule has 0 aromatic carbocycles. The van der Waals surface area contributed by atoms with Gasteiger partial charge in [0.25, 0.3) is 0 Å². The van der Waals surface area contributed by atoms with E-state index in [9.17, 15) is 0 Å². The van der Waals surface area contributed by atoms with E-state index >= 15 is 0 Å². The lowest BCUT2D eigenvalue weighted by Crippen LogP contribution is -2.14. The number of hydrogen-bond acceptors (Lipinski definition) is 3. The van der Waals surface area contributed by atoms with Crippen LogP contribution in [0.15, 0.2) is 12.4 Å². The zero-order valence-corrected chi connectivity index (χ0v) is 7.20. The maximum absolute atomic E-state index is 5.95. The summed E-state index contributed by atoms with van der Waals surface area (Å²) in [6, 6.07) is 0.109. The molecule has 2 N–H and O–H groups in total. The first-order chi connectivity index (χ1) is 5.77. The SMILES string of the molecule is Cc1cnc(C(N)C2CC2)cn1. The number of nitrogens with zero attached hydrogens (tertiary/aromatic N) is 2. The summed E-state index contributed by atoms with van der Waals surface area (Å²) < 4.78 is 0. The fourth-order valence-electron chi connectivity index (χ4n) is 1.27. The van der Waals surface area contributed by atoms with Gasteiger partial charge in [-0.15, -0.1) is 0 Å². The predicted octanol–water partition coefficient (Wildman–Crippen LogP) is 1.19. The van der Waals surface area contributed by atoms with Crippen molar-refractivity contribution in [2.75, 3.05) is 0 Å². The highest BCUT2D eigenvalue weighted by Gasteiger charge is 2.30. The molecule has 2 rings (SSSR count). The first-order valence-corrected chi connectivity index (χ1v) is 4.31. The van der Waals surface area contributed by atoms with Crippen molar-refractivity contribution in [2.24, 2.45) is 11.7 Å². The first kappa shape index (κ1) is 7.68. The van der Waals surface area contributed by atoms with Crippen molar-refractivity contribution in [1.82, 2.24) is 9.97 Å². The van der Waals surface area contributed by atoms with Crippen LogP contribution < -0.4 is 5.73 Å². The third-order valence-corrected chi connectivity index (χ3v) is 2.27. The molecule has 1 aliphatic carbocycles. The molecule has 0 aliphatic heterocycles. The highest BCUT2D eigenvalue weighted by atomic mass is 14.8. The van der Waals surface area contributed by atoms with Crippen molar-refractivity contribution >= 4 is 0 Å². The van der Waals surface area contributed by atoms with Crippen LogP contribution in [0.1, 0.15) is 30.3 Å². The van der Waals surface area contributed by atoms with E-state index in [4.69, 9.17) is 5.73 Å². The Bertz CT molecular complexity index is 264. The van der Waals surface area contributed by atoms with Gasteiger partial charge in [0.15, 0.2) is 0 Å². The van der Waals surface area contributed by atoms with Crippen molar-refractivity contribution in [1.29, 1.82) is 0 Å². The first-order valence-electron chi connectivity index (χ1n) is 4.31. The van der Waals surface area contributed by atoms with Gasteiger partial charge in [-0.25, -0.2) is 0 Å². The van der Waals surface area contributed by atoms with E-state index in [1.165, 1.54) is 12.8 Å². The minimum Gasteiger partial charge on any atom is -0.322 e. The lowest BCUT2D eigenvalue weighted by Gasteiger charge is -2.07. The molecule has 1 fully saturated rings. The number of hydrogen-bond donors (Lipinski definition) is 1. The Labute approximate surface area is 72.0 Å². The third kappa shape index (κ3) is 1.46. The Morgan fingerprint density at radius 1 is 1.42 bits per heavy atom. The molecule has 1 aliphatic rings. The van der Waals surface area contributed by atoms with Crippen molar-refractivity contribution in [3.8, 4) is 0 Å². The molecular weight excluding hydrogens is 150 g/mol. The number of aryl methyl sites for hydroxylation is 1. The quantitative estimate of drug-likeness (QED) is 0.712. The summed E-state index contributed by atoms with van der Waals surface area (Å²) in [7, 11) is 0. The van der Waals surface area contributed by atoms with Crippen LogP contribution in [0.5, 0.6) is 0 Å². The Morgan fingerprint density at radius 2 is 2.17 bits per heavy atom. The highest BCUT2D eigenvalue weighted by molar-refractivity contribution is 5.08. The Kier molecular flexibility index (Phi) is 1.81. The zero-order chi connectivity index (χ0) is 8.55. The molecule has 64 valence electrons. The second kappa shape index (κ2) is 2.83. The van der Waals surface area contributed by atoms with Crippen LogP contribution in [0.25, 0.3) is 0 Å². The van der Waals surface area contributed by atoms with E-state index in [0.29, 0.717) is 5.92 Å². The molecule has 1 heterocycles. The van der Waals surface area contributed by atoms with E-state index in [2.05, 4.69) is 9.97 Å². The van der Waals surface area contributed by atoms with Crippen LogP contribution in [-0.4, -0.2) is 9.97 Å². The minimum absolute atomic E-state index is 0.109. The average molecular weight is 163 g/mol. The molecule has 0 spiro atoms. The second-order valence-electron chi connectivity index (χ2n) is 3.45. The van der Waals surface area contributed by atoms with Crippen LogP contribution in [0, 0.1) is 12.8 Å². The largest absolute Gasteiger partial charge is 0.322 e. The van der Waals surface area contributed by atoms with Crippen LogP contribution >= 0.6 is 0 Å². The second-order valence-corrected chi connectivity index (χ2v) is 3.45. The van der Waals surface area contributed by atoms with E-state index in [-0.39, 0.29) is 6.04 Å². The van der Waals surface area contributed by atoms with Crippen molar-refractivity contribution in [3.63, 3.8) is 0 Å². The normalized spacial score (nSPS) is 19.2. The van der Waals surface area contributed by atoms with Gasteiger partial charge < -0.3 is 5.73 Å². The fourth-order valence-corrected chi connectivity index (χ4v) is 1.27. The number of nitrogens with two attached hydrogens (primary N) is 1. The smallest absolute Gasteiger partial charge is 0.0756 e. The standard InChI is InChI=1S/C9H13N3/c1-6-4-12-8(5-11-6)9(10)7-2-3-7/h4-5,7,9H,2-3,10H2,1H3. The van der Waals surface area contributed by atoms with Gasteiger partial charge in [0.1, 0.15) is 0 Å². The molecule has 0 saturated heterocycles. The molecule has 3 nitrogen and oxygen atoms in total. The van der Waals surface area contributed by atoms with Gasteiger partial charge in [0, 0.05) is 6.20 Å². The molecule has 1 saturated carbocycles. The van der Waals surface area contributed by atoms with Crippen molar-refractivity contribution < 1.29 is 0 Å². The van der Waals surface area contributed by atoms with Crippen LogP contribution in [0.4, 0.5) is 0 Å². The molecule has 0 radical (unpaired) electrons. The average Bonchev–Trinajstić information content (AvgIpc) is 2.87. The number of rotatable bonds is 2. The summed E-state index contributed by atoms with van der Waals surface area (Å²) in [5.74, 6) is 0.655. The minimum atomic E-state index is 0.109. The summed E-state index contributed by atoms with van der Waals surface area (Å²) in [5.41, 5.74) is 7.83. The summed E-state index contributed by atoms with van der Waals surface area (Å²) in [6.45, 7) is 1.93. The van der Waals surface area contributed by atoms with Gasteiger partial charge in [-0.1, -0.05) is 0 Å². The summed E-state index contributed by atoms with van der Waals surface area (Å²) in [6.07, 6.45) is 6.06. The number of aromatic nitrogens is 2. The van der Waals surface area contributed by atoms with Crippen molar-refractivity contribution in [2.45, 2.75) is 25.8 Å². The van der Waals surface area contributed by atoms with Crippen LogP contribution in [0.3, 0.4) is 0 Å². The summed E-state index contributed by atoms with van der Waals surface area (Å²) >= 11 is 0. The maximum Gasteiger partial charge on any atom is 0.0756 e. The molecule has 0 amide bonds. The van der Waals surface area contributed by atoms with Gasteiger partial charge in [0.05, 0.1) is 23.6 Å². The molecule has 0 bridgehead atoms. The Balaban J connectivity index is 2.16. The fraction of sp³-hybridized carbons (Fsp3) is 0.556. The maximum atomic E-state index is 5.95. The third-order valence-electron chi connectivity index (χ3n) is 2.27. The van der Waals surface area contributed by atoms with Crippen LogP contribution in [-0.2, 0) is 0 Å². The van der Waals surface area contributed by atoms with Gasteiger partial charge in [-0.2, -0.15) is 0 Å². The van der Waals surface area contributed by atoms with Crippen molar-refractivity contribution in [3.05, 3.63) is 23.8 Å². The van der Waals surface area contributed by atoms with Gasteiger partial charge >= 0.3 is 0 Å².